The second kappa shape index (κ2) is 5.45. The number of thioether (sulfide) groups is 2. The van der Waals surface area contributed by atoms with Crippen LogP contribution in [0.1, 0.15) is 27.7 Å². The Morgan fingerprint density at radius 1 is 1.21 bits per heavy atom. The van der Waals surface area contributed by atoms with Crippen LogP contribution in [0, 0.1) is 11.8 Å². The van der Waals surface area contributed by atoms with Crippen LogP contribution in [-0.2, 0) is 4.79 Å². The lowest BCUT2D eigenvalue weighted by atomic mass is 9.91. The normalized spacial score (nSPS) is 30.4. The lowest BCUT2D eigenvalue weighted by Crippen LogP contribution is -2.36. The zero-order chi connectivity index (χ0) is 10.7. The monoisotopic (exact) mass is 232 g/mol. The number of rotatable bonds is 3. The van der Waals surface area contributed by atoms with Gasteiger partial charge in [0.1, 0.15) is 5.78 Å². The summed E-state index contributed by atoms with van der Waals surface area (Å²) in [5, 5.41) is 0.744. The summed E-state index contributed by atoms with van der Waals surface area (Å²) in [6.07, 6.45) is 0. The first-order valence-corrected chi connectivity index (χ1v) is 7.40. The summed E-state index contributed by atoms with van der Waals surface area (Å²) in [5.74, 6) is 3.49. The minimum absolute atomic E-state index is 0.216. The van der Waals surface area contributed by atoms with E-state index in [1.807, 2.05) is 23.5 Å². The van der Waals surface area contributed by atoms with Crippen molar-refractivity contribution in [1.82, 2.24) is 0 Å². The van der Waals surface area contributed by atoms with Crippen molar-refractivity contribution >= 4 is 29.3 Å². The van der Waals surface area contributed by atoms with Crippen LogP contribution >= 0.6 is 23.5 Å². The number of hydrogen-bond donors (Lipinski definition) is 0. The number of carbonyl (C=O) groups is 1. The second-order valence-electron chi connectivity index (χ2n) is 4.30. The molecule has 0 bridgehead atoms. The molecule has 0 spiro atoms. The van der Waals surface area contributed by atoms with E-state index in [1.54, 1.807) is 0 Å². The smallest absolute Gasteiger partial charge is 0.149 e. The highest BCUT2D eigenvalue weighted by Gasteiger charge is 2.32. The summed E-state index contributed by atoms with van der Waals surface area (Å²) in [6.45, 7) is 8.52. The Morgan fingerprint density at radius 3 is 2.29 bits per heavy atom. The van der Waals surface area contributed by atoms with Crippen molar-refractivity contribution in [3.05, 3.63) is 0 Å². The third-order valence-corrected chi connectivity index (χ3v) is 6.03. The maximum atomic E-state index is 12.1. The molecule has 0 saturated carbocycles. The van der Waals surface area contributed by atoms with Gasteiger partial charge in [-0.2, -0.15) is 11.8 Å². The molecule has 0 aromatic rings. The van der Waals surface area contributed by atoms with Crippen LogP contribution in [0.4, 0.5) is 0 Å². The van der Waals surface area contributed by atoms with Crippen LogP contribution in [0.3, 0.4) is 0 Å². The summed E-state index contributed by atoms with van der Waals surface area (Å²) in [6, 6.07) is 0. The molecular weight excluding hydrogens is 212 g/mol. The van der Waals surface area contributed by atoms with Crippen molar-refractivity contribution in [3.8, 4) is 0 Å². The van der Waals surface area contributed by atoms with Gasteiger partial charge in [-0.1, -0.05) is 27.7 Å². The van der Waals surface area contributed by atoms with Crippen molar-refractivity contribution in [2.45, 2.75) is 38.2 Å². The summed E-state index contributed by atoms with van der Waals surface area (Å²) in [5.41, 5.74) is 0. The third-order valence-electron chi connectivity index (χ3n) is 2.92. The first-order valence-electron chi connectivity index (χ1n) is 5.31. The molecule has 1 fully saturated rings. The van der Waals surface area contributed by atoms with Crippen LogP contribution in [0.2, 0.25) is 0 Å². The van der Waals surface area contributed by atoms with E-state index >= 15 is 0 Å². The van der Waals surface area contributed by atoms with E-state index in [0.29, 0.717) is 17.0 Å². The van der Waals surface area contributed by atoms with Gasteiger partial charge < -0.3 is 0 Å². The number of ketones is 1. The average Bonchev–Trinajstić information content (AvgIpc) is 2.16. The molecule has 3 atom stereocenters. The Hall–Kier alpha value is 0.370. The fourth-order valence-corrected chi connectivity index (χ4v) is 4.36. The van der Waals surface area contributed by atoms with Crippen molar-refractivity contribution in [2.75, 3.05) is 11.5 Å². The molecular formula is C11H20OS2. The Balaban J connectivity index is 2.58. The van der Waals surface area contributed by atoms with E-state index in [-0.39, 0.29) is 11.2 Å². The molecule has 0 aliphatic carbocycles. The molecule has 0 N–H and O–H groups in total. The fourth-order valence-electron chi connectivity index (χ4n) is 1.53. The topological polar surface area (TPSA) is 17.1 Å². The molecule has 1 aliphatic heterocycles. The molecule has 1 heterocycles. The van der Waals surface area contributed by atoms with Gasteiger partial charge in [-0.3, -0.25) is 4.79 Å². The Morgan fingerprint density at radius 2 is 1.79 bits per heavy atom. The minimum Gasteiger partial charge on any atom is -0.298 e. The van der Waals surface area contributed by atoms with Crippen molar-refractivity contribution in [1.29, 1.82) is 0 Å². The summed E-state index contributed by atoms with van der Waals surface area (Å²) in [7, 11) is 0. The molecule has 1 aliphatic rings. The SMILES string of the molecule is CC(C)C(C)C(=O)C1SCCSC1C. The van der Waals surface area contributed by atoms with Gasteiger partial charge in [0.2, 0.25) is 0 Å². The lowest BCUT2D eigenvalue weighted by molar-refractivity contribution is -0.122. The zero-order valence-corrected chi connectivity index (χ0v) is 11.1. The maximum absolute atomic E-state index is 12.1. The molecule has 0 aromatic heterocycles. The molecule has 3 unspecified atom stereocenters. The van der Waals surface area contributed by atoms with Crippen LogP contribution in [-0.4, -0.2) is 27.8 Å². The Bertz CT molecular complexity index is 203. The minimum atomic E-state index is 0.216. The standard InChI is InChI=1S/C11H20OS2/c1-7(2)8(3)10(12)11-9(4)13-5-6-14-11/h7-9,11H,5-6H2,1-4H3. The largest absolute Gasteiger partial charge is 0.298 e. The van der Waals surface area contributed by atoms with E-state index in [2.05, 4.69) is 27.7 Å². The number of Topliss-reactive ketones (excluding diaryl/α,β-unsaturated/α-hetero) is 1. The predicted molar refractivity (Wildman–Crippen MR) is 67.2 cm³/mol. The molecule has 1 nitrogen and oxygen atoms in total. The molecule has 0 aromatic carbocycles. The molecule has 3 heteroatoms. The first-order chi connectivity index (χ1) is 6.54. The van der Waals surface area contributed by atoms with E-state index < -0.39 is 0 Å². The number of hydrogen-bond acceptors (Lipinski definition) is 3. The number of carbonyl (C=O) groups excluding carboxylic acids is 1. The molecule has 14 heavy (non-hydrogen) atoms. The van der Waals surface area contributed by atoms with Crippen molar-refractivity contribution < 1.29 is 4.79 Å². The highest BCUT2D eigenvalue weighted by molar-refractivity contribution is 8.07. The highest BCUT2D eigenvalue weighted by atomic mass is 32.2. The summed E-state index contributed by atoms with van der Waals surface area (Å²) in [4.78, 5) is 12.1. The first kappa shape index (κ1) is 12.4. The molecule has 0 radical (unpaired) electrons. The predicted octanol–water partition coefficient (Wildman–Crippen LogP) is 3.08. The van der Waals surface area contributed by atoms with E-state index in [4.69, 9.17) is 0 Å². The van der Waals surface area contributed by atoms with Gasteiger partial charge in [-0.15, -0.1) is 11.8 Å². The Kier molecular flexibility index (Phi) is 4.84. The highest BCUT2D eigenvalue weighted by Crippen LogP contribution is 2.33. The van der Waals surface area contributed by atoms with Gasteiger partial charge >= 0.3 is 0 Å². The van der Waals surface area contributed by atoms with Gasteiger partial charge in [0.25, 0.3) is 0 Å². The van der Waals surface area contributed by atoms with Gasteiger partial charge in [0.15, 0.2) is 0 Å². The van der Waals surface area contributed by atoms with Gasteiger partial charge in [0, 0.05) is 22.7 Å². The van der Waals surface area contributed by atoms with E-state index in [0.717, 1.165) is 5.75 Å². The van der Waals surface area contributed by atoms with Crippen LogP contribution in [0.15, 0.2) is 0 Å². The van der Waals surface area contributed by atoms with E-state index in [9.17, 15) is 4.79 Å². The van der Waals surface area contributed by atoms with E-state index in [1.165, 1.54) is 5.75 Å². The summed E-state index contributed by atoms with van der Waals surface area (Å²) < 4.78 is 0. The van der Waals surface area contributed by atoms with Gasteiger partial charge in [-0.05, 0) is 5.92 Å². The van der Waals surface area contributed by atoms with Gasteiger partial charge in [-0.25, -0.2) is 0 Å². The van der Waals surface area contributed by atoms with Crippen molar-refractivity contribution in [2.24, 2.45) is 11.8 Å². The second-order valence-corrected chi connectivity index (χ2v) is 7.04. The Labute approximate surface area is 95.8 Å². The average molecular weight is 232 g/mol. The van der Waals surface area contributed by atoms with Crippen LogP contribution in [0.25, 0.3) is 0 Å². The summed E-state index contributed by atoms with van der Waals surface area (Å²) >= 11 is 3.80. The quantitative estimate of drug-likeness (QED) is 0.744. The molecule has 1 rings (SSSR count). The van der Waals surface area contributed by atoms with Crippen LogP contribution in [0.5, 0.6) is 0 Å². The lowest BCUT2D eigenvalue weighted by Gasteiger charge is -2.29. The van der Waals surface area contributed by atoms with Gasteiger partial charge in [0.05, 0.1) is 5.25 Å². The van der Waals surface area contributed by atoms with Crippen LogP contribution < -0.4 is 0 Å². The zero-order valence-electron chi connectivity index (χ0n) is 9.45. The molecule has 1 saturated heterocycles. The maximum Gasteiger partial charge on any atom is 0.149 e. The third kappa shape index (κ3) is 2.93. The fraction of sp³-hybridized carbons (Fsp3) is 0.909. The molecule has 82 valence electrons. The molecule has 0 amide bonds. The van der Waals surface area contributed by atoms with Crippen molar-refractivity contribution in [3.63, 3.8) is 0 Å².